The molecule has 1 unspecified atom stereocenters. The van der Waals surface area contributed by atoms with Crippen LogP contribution in [0.25, 0.3) is 0 Å². The zero-order valence-electron chi connectivity index (χ0n) is 11.5. The highest BCUT2D eigenvalue weighted by Crippen LogP contribution is 2.18. The Morgan fingerprint density at radius 1 is 1.29 bits per heavy atom. The molecule has 1 aromatic carbocycles. The average molecular weight is 309 g/mol. The zero-order valence-corrected chi connectivity index (χ0v) is 12.3. The summed E-state index contributed by atoms with van der Waals surface area (Å²) in [4.78, 5) is 3.87. The number of halogens is 1. The third-order valence-electron chi connectivity index (χ3n) is 3.01. The van der Waals surface area contributed by atoms with Crippen molar-refractivity contribution in [1.82, 2.24) is 9.71 Å². The van der Waals surface area contributed by atoms with Gasteiger partial charge in [-0.05, 0) is 24.6 Å². The lowest BCUT2D eigenvalue weighted by atomic mass is 10.1. The summed E-state index contributed by atoms with van der Waals surface area (Å²) < 4.78 is 40.5. The summed E-state index contributed by atoms with van der Waals surface area (Å²) in [7, 11) is -3.82. The van der Waals surface area contributed by atoms with E-state index in [0.717, 1.165) is 5.56 Å². The molecule has 1 aromatic heterocycles. The Morgan fingerprint density at radius 3 is 2.57 bits per heavy atom. The van der Waals surface area contributed by atoms with Crippen LogP contribution in [-0.2, 0) is 16.6 Å². The number of aromatic nitrogens is 1. The molecule has 0 aliphatic rings. The van der Waals surface area contributed by atoms with Crippen LogP contribution in [0.2, 0.25) is 0 Å². The number of pyridine rings is 1. The van der Waals surface area contributed by atoms with Crippen LogP contribution < -0.4 is 10.5 Å². The summed E-state index contributed by atoms with van der Waals surface area (Å²) in [5, 5.41) is -0.122. The largest absolute Gasteiger partial charge is 0.326 e. The smallest absolute Gasteiger partial charge is 0.258 e. The third kappa shape index (κ3) is 3.63. The van der Waals surface area contributed by atoms with Gasteiger partial charge in [-0.1, -0.05) is 24.3 Å². The van der Waals surface area contributed by atoms with Crippen molar-refractivity contribution in [3.05, 3.63) is 59.5 Å². The molecule has 0 spiro atoms. The molecule has 0 saturated heterocycles. The molecule has 0 amide bonds. The van der Waals surface area contributed by atoms with Crippen LogP contribution in [0.4, 0.5) is 4.39 Å². The van der Waals surface area contributed by atoms with Crippen molar-refractivity contribution >= 4 is 10.0 Å². The van der Waals surface area contributed by atoms with Crippen LogP contribution in [0.5, 0.6) is 0 Å². The summed E-state index contributed by atoms with van der Waals surface area (Å²) in [5.41, 5.74) is 6.45. The van der Waals surface area contributed by atoms with E-state index in [9.17, 15) is 12.8 Å². The molecule has 3 N–H and O–H groups in total. The molecule has 0 bridgehead atoms. The minimum absolute atomic E-state index is 0.122. The van der Waals surface area contributed by atoms with Crippen molar-refractivity contribution in [2.45, 2.75) is 24.5 Å². The molecule has 1 heterocycles. The lowest BCUT2D eigenvalue weighted by molar-refractivity contribution is 0.547. The number of sulfonamides is 1. The van der Waals surface area contributed by atoms with Gasteiger partial charge in [-0.2, -0.15) is 0 Å². The number of benzene rings is 1. The van der Waals surface area contributed by atoms with E-state index in [1.807, 2.05) is 0 Å². The van der Waals surface area contributed by atoms with Crippen molar-refractivity contribution in [2.24, 2.45) is 5.73 Å². The lowest BCUT2D eigenvalue weighted by Crippen LogP contribution is -2.28. The Hall–Kier alpha value is -1.83. The Labute approximate surface area is 123 Å². The molecule has 0 fully saturated rings. The second-order valence-electron chi connectivity index (χ2n) is 4.57. The predicted octanol–water partition coefficient (Wildman–Crippen LogP) is 1.72. The van der Waals surface area contributed by atoms with Gasteiger partial charge in [0.1, 0.15) is 5.82 Å². The van der Waals surface area contributed by atoms with E-state index in [2.05, 4.69) is 9.71 Å². The van der Waals surface area contributed by atoms with Crippen molar-refractivity contribution in [3.8, 4) is 0 Å². The van der Waals surface area contributed by atoms with Crippen molar-refractivity contribution < 1.29 is 12.8 Å². The number of hydrogen-bond acceptors (Lipinski definition) is 4. The fourth-order valence-corrected chi connectivity index (χ4v) is 3.03. The van der Waals surface area contributed by atoms with Crippen molar-refractivity contribution in [3.63, 3.8) is 0 Å². The Bertz CT molecular complexity index is 717. The minimum atomic E-state index is -3.82. The Kier molecular flexibility index (Phi) is 4.66. The third-order valence-corrected chi connectivity index (χ3v) is 4.47. The standard InChI is InChI=1S/C14H16FN3O2S/c1-10(12-4-2-3-5-13(12)15)18-21(19,20)14-7-6-11(8-16)9-17-14/h2-7,9-10,18H,8,16H2,1H3. The molecule has 0 saturated carbocycles. The van der Waals surface area contributed by atoms with E-state index in [4.69, 9.17) is 5.73 Å². The van der Waals surface area contributed by atoms with Gasteiger partial charge in [0.15, 0.2) is 5.03 Å². The SMILES string of the molecule is CC(NS(=O)(=O)c1ccc(CN)cn1)c1ccccc1F. The topological polar surface area (TPSA) is 85.1 Å². The molecular weight excluding hydrogens is 293 g/mol. The average Bonchev–Trinajstić information content (AvgIpc) is 2.47. The second-order valence-corrected chi connectivity index (χ2v) is 6.23. The molecule has 7 heteroatoms. The van der Waals surface area contributed by atoms with Gasteiger partial charge >= 0.3 is 0 Å². The maximum absolute atomic E-state index is 13.7. The van der Waals surface area contributed by atoms with E-state index in [0.29, 0.717) is 0 Å². The highest BCUT2D eigenvalue weighted by atomic mass is 32.2. The van der Waals surface area contributed by atoms with Gasteiger partial charge < -0.3 is 5.73 Å². The van der Waals surface area contributed by atoms with Gasteiger partial charge in [-0.15, -0.1) is 0 Å². The number of nitrogens with zero attached hydrogens (tertiary/aromatic N) is 1. The van der Waals surface area contributed by atoms with Crippen LogP contribution in [0.15, 0.2) is 47.6 Å². The van der Waals surface area contributed by atoms with Gasteiger partial charge in [0.25, 0.3) is 10.0 Å². The van der Waals surface area contributed by atoms with Crippen LogP contribution in [0, 0.1) is 5.82 Å². The highest BCUT2D eigenvalue weighted by Gasteiger charge is 2.21. The first-order chi connectivity index (χ1) is 9.94. The van der Waals surface area contributed by atoms with Gasteiger partial charge in [0, 0.05) is 24.3 Å². The predicted molar refractivity (Wildman–Crippen MR) is 77.3 cm³/mol. The summed E-state index contributed by atoms with van der Waals surface area (Å²) >= 11 is 0. The molecule has 112 valence electrons. The van der Waals surface area contributed by atoms with Gasteiger partial charge in [-0.25, -0.2) is 22.5 Å². The summed E-state index contributed by atoms with van der Waals surface area (Å²) in [5.74, 6) is -0.459. The number of hydrogen-bond donors (Lipinski definition) is 2. The maximum atomic E-state index is 13.7. The molecule has 2 aromatic rings. The monoisotopic (exact) mass is 309 g/mol. The van der Waals surface area contributed by atoms with Crippen LogP contribution in [0.1, 0.15) is 24.1 Å². The second kappa shape index (κ2) is 6.30. The number of rotatable bonds is 5. The summed E-state index contributed by atoms with van der Waals surface area (Å²) in [6, 6.07) is 8.28. The van der Waals surface area contributed by atoms with Crippen LogP contribution in [0.3, 0.4) is 0 Å². The number of nitrogens with one attached hydrogen (secondary N) is 1. The minimum Gasteiger partial charge on any atom is -0.326 e. The molecule has 2 rings (SSSR count). The molecule has 1 atom stereocenters. The Balaban J connectivity index is 2.22. The Morgan fingerprint density at radius 2 is 2.00 bits per heavy atom. The normalized spacial score (nSPS) is 13.1. The van der Waals surface area contributed by atoms with Crippen molar-refractivity contribution in [1.29, 1.82) is 0 Å². The number of nitrogens with two attached hydrogens (primary N) is 1. The first-order valence-electron chi connectivity index (χ1n) is 6.36. The molecule has 5 nitrogen and oxygen atoms in total. The highest BCUT2D eigenvalue weighted by molar-refractivity contribution is 7.89. The van der Waals surface area contributed by atoms with E-state index >= 15 is 0 Å². The molecule has 0 radical (unpaired) electrons. The van der Waals surface area contributed by atoms with E-state index in [-0.39, 0.29) is 17.1 Å². The lowest BCUT2D eigenvalue weighted by Gasteiger charge is -2.15. The fraction of sp³-hybridized carbons (Fsp3) is 0.214. The molecular formula is C14H16FN3O2S. The van der Waals surface area contributed by atoms with Crippen LogP contribution >= 0.6 is 0 Å². The first-order valence-corrected chi connectivity index (χ1v) is 7.84. The van der Waals surface area contributed by atoms with E-state index < -0.39 is 21.9 Å². The first kappa shape index (κ1) is 15.6. The van der Waals surface area contributed by atoms with E-state index in [1.54, 1.807) is 25.1 Å². The quantitative estimate of drug-likeness (QED) is 0.880. The fourth-order valence-electron chi connectivity index (χ4n) is 1.87. The van der Waals surface area contributed by atoms with Gasteiger partial charge in [-0.3, -0.25) is 0 Å². The van der Waals surface area contributed by atoms with Crippen molar-refractivity contribution in [2.75, 3.05) is 0 Å². The van der Waals surface area contributed by atoms with Crippen LogP contribution in [-0.4, -0.2) is 13.4 Å². The van der Waals surface area contributed by atoms with Gasteiger partial charge in [0.2, 0.25) is 0 Å². The summed E-state index contributed by atoms with van der Waals surface area (Å²) in [6.45, 7) is 1.86. The van der Waals surface area contributed by atoms with Gasteiger partial charge in [0.05, 0.1) is 0 Å². The molecule has 21 heavy (non-hydrogen) atoms. The summed E-state index contributed by atoms with van der Waals surface area (Å²) in [6.07, 6.45) is 1.41. The maximum Gasteiger partial charge on any atom is 0.258 e. The molecule has 0 aliphatic carbocycles. The molecule has 0 aliphatic heterocycles. The zero-order chi connectivity index (χ0) is 15.5. The van der Waals surface area contributed by atoms with E-state index in [1.165, 1.54) is 24.4 Å².